The number of benzene rings is 2. The molecule has 2 aromatic carbocycles. The smallest absolute Gasteiger partial charge is 0.325 e. The molecule has 0 unspecified atom stereocenters. The van der Waals surface area contributed by atoms with Gasteiger partial charge < -0.3 is 29.6 Å². The van der Waals surface area contributed by atoms with Crippen LogP contribution in [0.2, 0.25) is 0 Å². The van der Waals surface area contributed by atoms with Gasteiger partial charge in [-0.3, -0.25) is 14.4 Å². The van der Waals surface area contributed by atoms with Crippen molar-refractivity contribution in [3.8, 4) is 17.2 Å². The molecule has 178 valence electrons. The third-order valence-electron chi connectivity index (χ3n) is 4.06. The molecule has 0 bridgehead atoms. The summed E-state index contributed by atoms with van der Waals surface area (Å²) >= 11 is 0.279. The summed E-state index contributed by atoms with van der Waals surface area (Å²) in [6.45, 7) is -1.17. The maximum atomic E-state index is 12.6. The fourth-order valence-electron chi connectivity index (χ4n) is 2.62. The highest BCUT2D eigenvalue weighted by atomic mass is 32.2. The van der Waals surface area contributed by atoms with Gasteiger partial charge in [0.25, 0.3) is 17.6 Å². The summed E-state index contributed by atoms with van der Waals surface area (Å²) in [6.07, 6.45) is 0. The van der Waals surface area contributed by atoms with Crippen molar-refractivity contribution >= 4 is 35.2 Å². The summed E-state index contributed by atoms with van der Waals surface area (Å²) < 4.78 is 45.6. The van der Waals surface area contributed by atoms with Crippen LogP contribution in [0.15, 0.2) is 41.3 Å². The minimum absolute atomic E-state index is 0.142. The van der Waals surface area contributed by atoms with E-state index in [9.17, 15) is 23.2 Å². The van der Waals surface area contributed by atoms with E-state index in [0.29, 0.717) is 5.75 Å². The van der Waals surface area contributed by atoms with Crippen molar-refractivity contribution < 1.29 is 42.1 Å². The molecule has 0 saturated heterocycles. The molecular weight excluding hydrogens is 462 g/mol. The van der Waals surface area contributed by atoms with Gasteiger partial charge in [-0.05, 0) is 24.3 Å². The Morgan fingerprint density at radius 2 is 1.64 bits per heavy atom. The van der Waals surface area contributed by atoms with E-state index in [2.05, 4.69) is 10.6 Å². The number of rotatable bonds is 11. The molecule has 0 aliphatic heterocycles. The number of carbonyl (C=O) groups is 3. The van der Waals surface area contributed by atoms with Crippen LogP contribution in [0.5, 0.6) is 17.2 Å². The van der Waals surface area contributed by atoms with Crippen LogP contribution < -0.4 is 24.8 Å². The van der Waals surface area contributed by atoms with Gasteiger partial charge in [0.2, 0.25) is 5.75 Å². The number of hydrogen-bond donors (Lipinski definition) is 2. The van der Waals surface area contributed by atoms with Crippen molar-refractivity contribution in [2.45, 2.75) is 10.7 Å². The molecule has 0 fully saturated rings. The summed E-state index contributed by atoms with van der Waals surface area (Å²) in [5, 5.41) is 4.76. The van der Waals surface area contributed by atoms with E-state index in [0.717, 1.165) is 0 Å². The summed E-state index contributed by atoms with van der Waals surface area (Å²) in [5.74, 6) is -4.06. The molecule has 0 spiro atoms. The zero-order valence-electron chi connectivity index (χ0n) is 18.0. The first-order valence-electron chi connectivity index (χ1n) is 9.36. The third kappa shape index (κ3) is 7.52. The predicted molar refractivity (Wildman–Crippen MR) is 116 cm³/mol. The first-order chi connectivity index (χ1) is 15.8. The lowest BCUT2D eigenvalue weighted by atomic mass is 10.1. The molecule has 0 heterocycles. The van der Waals surface area contributed by atoms with Gasteiger partial charge in [-0.2, -0.15) is 8.78 Å². The number of anilines is 1. The lowest BCUT2D eigenvalue weighted by Gasteiger charge is -2.14. The van der Waals surface area contributed by atoms with Crippen LogP contribution in [0.1, 0.15) is 10.4 Å². The number of methoxy groups -OCH3 is 3. The Hall–Kier alpha value is -3.54. The number of para-hydroxylation sites is 1. The highest BCUT2D eigenvalue weighted by Crippen LogP contribution is 2.38. The third-order valence-corrected chi connectivity index (χ3v) is 4.85. The topological polar surface area (TPSA) is 112 Å². The second kappa shape index (κ2) is 12.5. The van der Waals surface area contributed by atoms with Gasteiger partial charge in [-0.15, -0.1) is 0 Å². The van der Waals surface area contributed by atoms with Crippen molar-refractivity contribution in [1.82, 2.24) is 5.32 Å². The van der Waals surface area contributed by atoms with Crippen LogP contribution in [0.25, 0.3) is 0 Å². The van der Waals surface area contributed by atoms with Gasteiger partial charge in [0, 0.05) is 10.5 Å². The van der Waals surface area contributed by atoms with E-state index in [1.807, 2.05) is 0 Å². The van der Waals surface area contributed by atoms with Gasteiger partial charge >= 0.3 is 5.97 Å². The SMILES string of the molecule is COc1cc(C(=O)NCC(=O)OCC(=O)Nc2ccccc2SC(F)F)cc(OC)c1OC. The Balaban J connectivity index is 1.88. The zero-order valence-corrected chi connectivity index (χ0v) is 18.8. The Morgan fingerprint density at radius 3 is 2.21 bits per heavy atom. The van der Waals surface area contributed by atoms with Crippen molar-refractivity contribution in [3.05, 3.63) is 42.0 Å². The molecule has 9 nitrogen and oxygen atoms in total. The Morgan fingerprint density at radius 1 is 1.00 bits per heavy atom. The molecule has 2 aromatic rings. The zero-order chi connectivity index (χ0) is 24.4. The van der Waals surface area contributed by atoms with Crippen LogP contribution in [0.3, 0.4) is 0 Å². The first kappa shape index (κ1) is 25.7. The van der Waals surface area contributed by atoms with E-state index >= 15 is 0 Å². The molecule has 2 N–H and O–H groups in total. The Labute approximate surface area is 192 Å². The lowest BCUT2D eigenvalue weighted by molar-refractivity contribution is -0.146. The summed E-state index contributed by atoms with van der Waals surface area (Å²) in [7, 11) is 4.21. The largest absolute Gasteiger partial charge is 0.493 e. The van der Waals surface area contributed by atoms with E-state index in [1.165, 1.54) is 45.6 Å². The molecule has 0 atom stereocenters. The fourth-order valence-corrected chi connectivity index (χ4v) is 3.21. The molecule has 2 amide bonds. The van der Waals surface area contributed by atoms with Crippen molar-refractivity contribution in [2.24, 2.45) is 0 Å². The number of hydrogen-bond acceptors (Lipinski definition) is 8. The average molecular weight is 484 g/mol. The monoisotopic (exact) mass is 484 g/mol. The van der Waals surface area contributed by atoms with Crippen LogP contribution in [0, 0.1) is 0 Å². The quantitative estimate of drug-likeness (QED) is 0.370. The standard InChI is InChI=1S/C21H22F2N2O7S/c1-29-14-8-12(9-15(30-2)19(14)31-3)20(28)24-10-18(27)32-11-17(26)25-13-6-4-5-7-16(13)33-21(22)23/h4-9,21H,10-11H2,1-3H3,(H,24,28)(H,25,26). The maximum Gasteiger partial charge on any atom is 0.325 e. The number of halogens is 2. The van der Waals surface area contributed by atoms with Crippen molar-refractivity contribution in [1.29, 1.82) is 0 Å². The van der Waals surface area contributed by atoms with Crippen LogP contribution in [-0.4, -0.2) is 58.0 Å². The molecular formula is C21H22F2N2O7S. The predicted octanol–water partition coefficient (Wildman–Crippen LogP) is 2.94. The normalized spacial score (nSPS) is 10.4. The minimum Gasteiger partial charge on any atom is -0.493 e. The number of thioether (sulfide) groups is 1. The van der Waals surface area contributed by atoms with Crippen molar-refractivity contribution in [3.63, 3.8) is 0 Å². The molecule has 0 saturated carbocycles. The molecule has 0 radical (unpaired) electrons. The summed E-state index contributed by atoms with van der Waals surface area (Å²) in [5.41, 5.74) is 0.308. The summed E-state index contributed by atoms with van der Waals surface area (Å²) in [4.78, 5) is 36.5. The molecule has 0 aliphatic carbocycles. The van der Waals surface area contributed by atoms with E-state index in [1.54, 1.807) is 12.1 Å². The Kier molecular flexibility index (Phi) is 9.73. The molecule has 2 rings (SSSR count). The van der Waals surface area contributed by atoms with Gasteiger partial charge in [0.05, 0.1) is 27.0 Å². The van der Waals surface area contributed by atoms with Gasteiger partial charge in [0.15, 0.2) is 18.1 Å². The van der Waals surface area contributed by atoms with Gasteiger partial charge in [-0.1, -0.05) is 23.9 Å². The fraction of sp³-hybridized carbons (Fsp3) is 0.286. The van der Waals surface area contributed by atoms with Crippen LogP contribution in [-0.2, 0) is 14.3 Å². The number of alkyl halides is 2. The van der Waals surface area contributed by atoms with E-state index in [-0.39, 0.29) is 39.4 Å². The van der Waals surface area contributed by atoms with Crippen LogP contribution >= 0.6 is 11.8 Å². The minimum atomic E-state index is -2.66. The number of esters is 1. The van der Waals surface area contributed by atoms with Gasteiger partial charge in [0.1, 0.15) is 6.54 Å². The second-order valence-corrected chi connectivity index (χ2v) is 7.21. The van der Waals surface area contributed by atoms with E-state index in [4.69, 9.17) is 18.9 Å². The highest BCUT2D eigenvalue weighted by Gasteiger charge is 2.18. The number of nitrogens with one attached hydrogen (secondary N) is 2. The van der Waals surface area contributed by atoms with E-state index < -0.39 is 36.7 Å². The maximum absolute atomic E-state index is 12.6. The van der Waals surface area contributed by atoms with Crippen molar-refractivity contribution in [2.75, 3.05) is 39.8 Å². The number of amides is 2. The summed E-state index contributed by atoms with van der Waals surface area (Å²) in [6, 6.07) is 8.81. The van der Waals surface area contributed by atoms with Gasteiger partial charge in [-0.25, -0.2) is 0 Å². The highest BCUT2D eigenvalue weighted by molar-refractivity contribution is 7.99. The molecule has 0 aromatic heterocycles. The lowest BCUT2D eigenvalue weighted by Crippen LogP contribution is -2.32. The molecule has 33 heavy (non-hydrogen) atoms. The molecule has 12 heteroatoms. The molecule has 0 aliphatic rings. The Bertz CT molecular complexity index is 979. The number of carbonyl (C=O) groups excluding carboxylic acids is 3. The number of ether oxygens (including phenoxy) is 4. The first-order valence-corrected chi connectivity index (χ1v) is 10.2. The second-order valence-electron chi connectivity index (χ2n) is 6.18. The van der Waals surface area contributed by atoms with Crippen LogP contribution in [0.4, 0.5) is 14.5 Å². The average Bonchev–Trinajstić information content (AvgIpc) is 2.80.